The number of aromatic nitrogens is 1. The minimum absolute atomic E-state index is 0.00759. The van der Waals surface area contributed by atoms with Crippen LogP contribution in [0.5, 0.6) is 0 Å². The van der Waals surface area contributed by atoms with Gasteiger partial charge in [-0.15, -0.1) is 0 Å². The number of halogens is 1. The first-order valence-electron chi connectivity index (χ1n) is 9.37. The lowest BCUT2D eigenvalue weighted by Crippen LogP contribution is -2.36. The number of likely N-dealkylation sites (tertiary alicyclic amines) is 1. The molecule has 1 amide bonds. The molecule has 1 aromatic carbocycles. The van der Waals surface area contributed by atoms with Crippen LogP contribution < -0.4 is 4.72 Å². The van der Waals surface area contributed by atoms with E-state index in [9.17, 15) is 17.6 Å². The molecule has 0 atom stereocenters. The SMILES string of the molecule is Cc1cc(F)ccc1NS(=O)(=O)c1c(C(=O)N2CCCCC2)c(C)n(C)c1C. The minimum Gasteiger partial charge on any atom is -0.350 e. The molecule has 1 aliphatic rings. The number of piperidine rings is 1. The van der Waals surface area contributed by atoms with Gasteiger partial charge in [-0.1, -0.05) is 0 Å². The van der Waals surface area contributed by atoms with Crippen molar-refractivity contribution in [3.63, 3.8) is 0 Å². The first-order valence-corrected chi connectivity index (χ1v) is 10.9. The van der Waals surface area contributed by atoms with Gasteiger partial charge in [-0.2, -0.15) is 0 Å². The van der Waals surface area contributed by atoms with Crippen molar-refractivity contribution in [3.8, 4) is 0 Å². The van der Waals surface area contributed by atoms with Gasteiger partial charge in [0.1, 0.15) is 10.7 Å². The first-order chi connectivity index (χ1) is 13.1. The van der Waals surface area contributed by atoms with Gasteiger partial charge in [-0.05, 0) is 63.8 Å². The number of nitrogens with one attached hydrogen (secondary N) is 1. The zero-order chi connectivity index (χ0) is 20.6. The van der Waals surface area contributed by atoms with Gasteiger partial charge in [0.15, 0.2) is 0 Å². The summed E-state index contributed by atoms with van der Waals surface area (Å²) < 4.78 is 44.1. The van der Waals surface area contributed by atoms with Crippen molar-refractivity contribution in [3.05, 3.63) is 46.5 Å². The number of hydrogen-bond donors (Lipinski definition) is 1. The smallest absolute Gasteiger partial charge is 0.264 e. The number of carbonyl (C=O) groups excluding carboxylic acids is 1. The summed E-state index contributed by atoms with van der Waals surface area (Å²) in [7, 11) is -2.29. The molecule has 28 heavy (non-hydrogen) atoms. The molecule has 0 saturated carbocycles. The zero-order valence-corrected chi connectivity index (χ0v) is 17.5. The Morgan fingerprint density at radius 3 is 2.32 bits per heavy atom. The molecule has 0 bridgehead atoms. The van der Waals surface area contributed by atoms with Crippen molar-refractivity contribution < 1.29 is 17.6 Å². The van der Waals surface area contributed by atoms with Crippen LogP contribution in [0.1, 0.15) is 46.6 Å². The highest BCUT2D eigenvalue weighted by Gasteiger charge is 2.33. The zero-order valence-electron chi connectivity index (χ0n) is 16.7. The Kier molecular flexibility index (Phi) is 5.52. The molecule has 3 rings (SSSR count). The van der Waals surface area contributed by atoms with Crippen molar-refractivity contribution in [1.29, 1.82) is 0 Å². The number of anilines is 1. The molecule has 2 aromatic rings. The third-order valence-corrected chi connectivity index (χ3v) is 7.01. The van der Waals surface area contributed by atoms with Gasteiger partial charge in [0.05, 0.1) is 11.3 Å². The maximum absolute atomic E-state index is 13.4. The highest BCUT2D eigenvalue weighted by atomic mass is 32.2. The first kappa shape index (κ1) is 20.4. The van der Waals surface area contributed by atoms with Gasteiger partial charge in [-0.25, -0.2) is 12.8 Å². The van der Waals surface area contributed by atoms with Crippen LogP contribution in [0, 0.1) is 26.6 Å². The van der Waals surface area contributed by atoms with Crippen molar-refractivity contribution in [2.24, 2.45) is 7.05 Å². The highest BCUT2D eigenvalue weighted by molar-refractivity contribution is 7.92. The van der Waals surface area contributed by atoms with Gasteiger partial charge in [-0.3, -0.25) is 9.52 Å². The number of benzene rings is 1. The molecule has 1 N–H and O–H groups in total. The van der Waals surface area contributed by atoms with Crippen LogP contribution in [0.2, 0.25) is 0 Å². The number of sulfonamides is 1. The van der Waals surface area contributed by atoms with Crippen molar-refractivity contribution in [2.75, 3.05) is 17.8 Å². The average Bonchev–Trinajstić information content (AvgIpc) is 2.89. The lowest BCUT2D eigenvalue weighted by atomic mass is 10.1. The summed E-state index contributed by atoms with van der Waals surface area (Å²) in [5.41, 5.74) is 2.08. The topological polar surface area (TPSA) is 71.4 Å². The quantitative estimate of drug-likeness (QED) is 0.843. The van der Waals surface area contributed by atoms with Gasteiger partial charge >= 0.3 is 0 Å². The van der Waals surface area contributed by atoms with E-state index in [0.717, 1.165) is 19.3 Å². The number of nitrogens with zero attached hydrogens (tertiary/aromatic N) is 2. The van der Waals surface area contributed by atoms with Crippen LogP contribution in [0.25, 0.3) is 0 Å². The molecule has 0 radical (unpaired) electrons. The number of aryl methyl sites for hydroxylation is 1. The largest absolute Gasteiger partial charge is 0.350 e. The molecule has 0 aliphatic carbocycles. The second kappa shape index (κ2) is 7.58. The standard InChI is InChI=1S/C20H26FN3O3S/c1-13-12-16(21)8-9-17(13)22-28(26,27)19-15(3)23(4)14(2)18(19)20(25)24-10-6-5-7-11-24/h8-9,12,22H,5-7,10-11H2,1-4H3. The van der Waals surface area contributed by atoms with Gasteiger partial charge in [0, 0.05) is 31.5 Å². The lowest BCUT2D eigenvalue weighted by Gasteiger charge is -2.27. The molecule has 0 unspecified atom stereocenters. The van der Waals surface area contributed by atoms with Crippen LogP contribution in [0.3, 0.4) is 0 Å². The Labute approximate surface area is 165 Å². The lowest BCUT2D eigenvalue weighted by molar-refractivity contribution is 0.0720. The second-order valence-corrected chi connectivity index (χ2v) is 8.97. The van der Waals surface area contributed by atoms with E-state index in [2.05, 4.69) is 4.72 Å². The Morgan fingerprint density at radius 2 is 1.71 bits per heavy atom. The van der Waals surface area contributed by atoms with E-state index in [1.807, 2.05) is 0 Å². The number of rotatable bonds is 4. The number of hydrogen-bond acceptors (Lipinski definition) is 3. The maximum Gasteiger partial charge on any atom is 0.264 e. The molecule has 152 valence electrons. The molecule has 1 aliphatic heterocycles. The molecular weight excluding hydrogens is 381 g/mol. The molecule has 1 saturated heterocycles. The number of amides is 1. The molecule has 6 nitrogen and oxygen atoms in total. The van der Waals surface area contributed by atoms with Crippen molar-refractivity contribution in [1.82, 2.24) is 9.47 Å². The average molecular weight is 408 g/mol. The van der Waals surface area contributed by atoms with Gasteiger partial charge in [0.25, 0.3) is 15.9 Å². The fraction of sp³-hybridized carbons (Fsp3) is 0.450. The summed E-state index contributed by atoms with van der Waals surface area (Å²) in [4.78, 5) is 14.9. The third kappa shape index (κ3) is 3.65. The Balaban J connectivity index is 2.07. The predicted octanol–water partition coefficient (Wildman–Crippen LogP) is 3.52. The van der Waals surface area contributed by atoms with E-state index in [1.54, 1.807) is 37.3 Å². The van der Waals surface area contributed by atoms with E-state index in [0.29, 0.717) is 35.7 Å². The third-order valence-electron chi connectivity index (χ3n) is 5.48. The van der Waals surface area contributed by atoms with E-state index in [4.69, 9.17) is 0 Å². The van der Waals surface area contributed by atoms with E-state index >= 15 is 0 Å². The maximum atomic E-state index is 13.4. The summed E-state index contributed by atoms with van der Waals surface area (Å²) in [6.07, 6.45) is 2.92. The minimum atomic E-state index is -4.04. The molecular formula is C20H26FN3O3S. The second-order valence-electron chi connectivity index (χ2n) is 7.35. The molecule has 1 aromatic heterocycles. The van der Waals surface area contributed by atoms with E-state index in [-0.39, 0.29) is 16.4 Å². The van der Waals surface area contributed by atoms with E-state index in [1.165, 1.54) is 18.2 Å². The fourth-order valence-corrected chi connectivity index (χ4v) is 5.34. The van der Waals surface area contributed by atoms with Gasteiger partial charge < -0.3 is 9.47 Å². The van der Waals surface area contributed by atoms with Crippen molar-refractivity contribution >= 4 is 21.6 Å². The van der Waals surface area contributed by atoms with Crippen LogP contribution in [0.4, 0.5) is 10.1 Å². The summed E-state index contributed by atoms with van der Waals surface area (Å²) >= 11 is 0. The van der Waals surface area contributed by atoms with Gasteiger partial charge in [0.2, 0.25) is 0 Å². The predicted molar refractivity (Wildman–Crippen MR) is 107 cm³/mol. The van der Waals surface area contributed by atoms with Crippen LogP contribution in [-0.2, 0) is 17.1 Å². The van der Waals surface area contributed by atoms with Crippen LogP contribution >= 0.6 is 0 Å². The van der Waals surface area contributed by atoms with Crippen LogP contribution in [-0.4, -0.2) is 36.9 Å². The summed E-state index contributed by atoms with van der Waals surface area (Å²) in [6, 6.07) is 3.86. The van der Waals surface area contributed by atoms with E-state index < -0.39 is 15.8 Å². The molecule has 8 heteroatoms. The summed E-state index contributed by atoms with van der Waals surface area (Å²) in [5, 5.41) is 0. The summed E-state index contributed by atoms with van der Waals surface area (Å²) in [5.74, 6) is -0.690. The fourth-order valence-electron chi connectivity index (χ4n) is 3.69. The van der Waals surface area contributed by atoms with Crippen molar-refractivity contribution in [2.45, 2.75) is 44.9 Å². The molecule has 2 heterocycles. The Morgan fingerprint density at radius 1 is 1.07 bits per heavy atom. The van der Waals surface area contributed by atoms with Crippen LogP contribution in [0.15, 0.2) is 23.1 Å². The number of carbonyl (C=O) groups is 1. The summed E-state index contributed by atoms with van der Waals surface area (Å²) in [6.45, 7) is 6.34. The molecule has 0 spiro atoms. The monoisotopic (exact) mass is 407 g/mol. The molecule has 1 fully saturated rings. The normalized spacial score (nSPS) is 15.0. The highest BCUT2D eigenvalue weighted by Crippen LogP contribution is 2.30. The Bertz CT molecular complexity index is 1020. The Hall–Kier alpha value is -2.35.